The van der Waals surface area contributed by atoms with Crippen molar-refractivity contribution in [2.75, 3.05) is 0 Å². The summed E-state index contributed by atoms with van der Waals surface area (Å²) in [7, 11) is -2.21. The molecule has 0 radical (unpaired) electrons. The van der Waals surface area contributed by atoms with Crippen LogP contribution in [-0.4, -0.2) is 8.07 Å². The number of hydrogen-bond donors (Lipinski definition) is 0. The van der Waals surface area contributed by atoms with E-state index in [2.05, 4.69) is 136 Å². The van der Waals surface area contributed by atoms with Gasteiger partial charge in [0.25, 0.3) is 0 Å². The first-order chi connectivity index (χ1) is 18.0. The molecule has 0 atom stereocenters. The zero-order chi connectivity index (χ0) is 25.6. The zero-order valence-corrected chi connectivity index (χ0v) is 28.5. The number of aryl methyl sites for hydroxylation is 2. The van der Waals surface area contributed by atoms with E-state index in [-0.39, 0.29) is 51.0 Å². The molecule has 0 heterocycles. The number of fused-ring (bicyclic) bond motifs is 2. The number of hydrogen-bond acceptors (Lipinski definition) is 0. The summed E-state index contributed by atoms with van der Waals surface area (Å²) >= 11 is 0. The van der Waals surface area contributed by atoms with E-state index in [4.69, 9.17) is 0 Å². The minimum atomic E-state index is -2.21. The Balaban J connectivity index is 0.00000147. The summed E-state index contributed by atoms with van der Waals surface area (Å²) in [5.74, 6) is 0. The Morgan fingerprint density at radius 1 is 0.525 bits per heavy atom. The molecular weight excluding hydrogens is 623 g/mol. The smallest absolute Gasteiger partial charge is 1.00 e. The average Bonchev–Trinajstić information content (AvgIpc) is 3.53. The molecule has 6 aromatic rings. The van der Waals surface area contributed by atoms with Crippen LogP contribution in [0.3, 0.4) is 0 Å². The van der Waals surface area contributed by atoms with Gasteiger partial charge in [0.05, 0.1) is 0 Å². The van der Waals surface area contributed by atoms with Crippen LogP contribution in [0, 0.1) is 0 Å². The standard InChI is InChI=1S/C36H34Si.2ClH.Zr/c1-5-25-15-7-11-19-29(25)33-23-27-17-9-13-21-31(27)35(33)37(3,4)36-32-22-14-10-18-28(32)24-34(36)30-20-12-8-16-26(30)6-2;;;/h7-24H,5-6H2,1-4H3;2*1H;/q-2;;;+4/p-2. The van der Waals surface area contributed by atoms with Gasteiger partial charge in [-0.1, -0.05) is 134 Å². The fourth-order valence-corrected chi connectivity index (χ4v) is 10.3. The normalized spacial score (nSPS) is 11.1. The second kappa shape index (κ2) is 13.2. The number of benzene rings is 4. The van der Waals surface area contributed by atoms with E-state index in [1.54, 1.807) is 10.4 Å². The molecule has 0 saturated heterocycles. The van der Waals surface area contributed by atoms with E-state index in [1.165, 1.54) is 54.9 Å². The first-order valence-corrected chi connectivity index (χ1v) is 16.6. The predicted octanol–water partition coefficient (Wildman–Crippen LogP) is 2.72. The molecule has 0 N–H and O–H groups in total. The average molecular weight is 657 g/mol. The molecule has 40 heavy (non-hydrogen) atoms. The van der Waals surface area contributed by atoms with Crippen molar-refractivity contribution < 1.29 is 51.0 Å². The van der Waals surface area contributed by atoms with Gasteiger partial charge in [-0.25, -0.2) is 0 Å². The molecule has 0 aromatic heterocycles. The van der Waals surface area contributed by atoms with Gasteiger partial charge in [-0.2, -0.15) is 0 Å². The van der Waals surface area contributed by atoms with Crippen molar-refractivity contribution in [3.8, 4) is 22.3 Å². The van der Waals surface area contributed by atoms with Crippen molar-refractivity contribution in [3.63, 3.8) is 0 Å². The minimum Gasteiger partial charge on any atom is -1.00 e. The molecule has 0 spiro atoms. The fourth-order valence-electron chi connectivity index (χ4n) is 6.53. The second-order valence-electron chi connectivity index (χ2n) is 10.7. The van der Waals surface area contributed by atoms with E-state index in [0.29, 0.717) is 0 Å². The van der Waals surface area contributed by atoms with E-state index in [9.17, 15) is 0 Å². The van der Waals surface area contributed by atoms with Crippen molar-refractivity contribution in [3.05, 3.63) is 120 Å². The van der Waals surface area contributed by atoms with Gasteiger partial charge in [-0.3, -0.25) is 0 Å². The Labute approximate surface area is 271 Å². The van der Waals surface area contributed by atoms with Crippen molar-refractivity contribution in [1.29, 1.82) is 0 Å². The Bertz CT molecular complexity index is 1610. The summed E-state index contributed by atoms with van der Waals surface area (Å²) in [4.78, 5) is 0. The van der Waals surface area contributed by atoms with Gasteiger partial charge in [0.15, 0.2) is 0 Å². The summed E-state index contributed by atoms with van der Waals surface area (Å²) in [6.45, 7) is 9.70. The maximum Gasteiger partial charge on any atom is 4.00 e. The Kier molecular flexibility index (Phi) is 10.6. The molecular formula is C36H34Cl2SiZr. The molecule has 200 valence electrons. The van der Waals surface area contributed by atoms with Gasteiger partial charge in [-0.05, 0) is 12.8 Å². The molecule has 0 fully saturated rings. The summed E-state index contributed by atoms with van der Waals surface area (Å²) < 4.78 is 0. The monoisotopic (exact) mass is 654 g/mol. The Hall–Kier alpha value is -2.22. The van der Waals surface area contributed by atoms with Gasteiger partial charge in [0.1, 0.15) is 0 Å². The van der Waals surface area contributed by atoms with Crippen LogP contribution in [0.1, 0.15) is 25.0 Å². The first-order valence-electron chi connectivity index (χ1n) is 13.6. The van der Waals surface area contributed by atoms with Gasteiger partial charge in [0.2, 0.25) is 0 Å². The summed E-state index contributed by atoms with van der Waals surface area (Å²) in [6, 6.07) is 41.0. The van der Waals surface area contributed by atoms with E-state index in [1.807, 2.05) is 0 Å². The molecule has 0 amide bonds. The molecule has 0 saturated carbocycles. The van der Waals surface area contributed by atoms with E-state index >= 15 is 0 Å². The largest absolute Gasteiger partial charge is 4.00 e. The maximum atomic E-state index is 2.58. The minimum absolute atomic E-state index is 0. The molecule has 6 rings (SSSR count). The molecule has 0 nitrogen and oxygen atoms in total. The van der Waals surface area contributed by atoms with Crippen LogP contribution in [0.5, 0.6) is 0 Å². The first kappa shape index (κ1) is 32.3. The van der Waals surface area contributed by atoms with Crippen molar-refractivity contribution in [2.24, 2.45) is 0 Å². The van der Waals surface area contributed by atoms with Crippen LogP contribution >= 0.6 is 0 Å². The molecule has 0 aliphatic carbocycles. The van der Waals surface area contributed by atoms with Crippen LogP contribution in [0.2, 0.25) is 13.1 Å². The van der Waals surface area contributed by atoms with Crippen molar-refractivity contribution in [2.45, 2.75) is 39.8 Å². The van der Waals surface area contributed by atoms with Gasteiger partial charge < -0.3 is 24.8 Å². The van der Waals surface area contributed by atoms with Crippen LogP contribution in [0.25, 0.3) is 43.8 Å². The second-order valence-corrected chi connectivity index (χ2v) is 14.9. The Morgan fingerprint density at radius 3 is 1.27 bits per heavy atom. The van der Waals surface area contributed by atoms with Crippen LogP contribution in [0.4, 0.5) is 0 Å². The van der Waals surface area contributed by atoms with E-state index in [0.717, 1.165) is 12.8 Å². The van der Waals surface area contributed by atoms with E-state index < -0.39 is 8.07 Å². The van der Waals surface area contributed by atoms with Gasteiger partial charge >= 0.3 is 26.2 Å². The number of halogens is 2. The maximum absolute atomic E-state index is 2.58. The quantitative estimate of drug-likeness (QED) is 0.191. The van der Waals surface area contributed by atoms with Crippen LogP contribution in [-0.2, 0) is 39.0 Å². The summed E-state index contributed by atoms with van der Waals surface area (Å²) in [5.41, 5.74) is 8.48. The molecule has 0 aliphatic heterocycles. The van der Waals surface area contributed by atoms with Gasteiger partial charge in [0, 0.05) is 8.07 Å². The molecule has 0 unspecified atom stereocenters. The summed E-state index contributed by atoms with van der Waals surface area (Å²) in [6.07, 6.45) is 2.07. The fraction of sp³-hybridized carbons (Fsp3) is 0.167. The van der Waals surface area contributed by atoms with Crippen LogP contribution < -0.4 is 35.2 Å². The topological polar surface area (TPSA) is 0 Å². The Morgan fingerprint density at radius 2 is 0.875 bits per heavy atom. The SMILES string of the molecule is CCc1ccccc1-c1[cH-]c2ccccc2c1[Si](C)(C)c1c(-c2ccccc2CC)[cH-]c2ccccc12.[Cl-].[Cl-].[Zr+4]. The van der Waals surface area contributed by atoms with Crippen molar-refractivity contribution >= 4 is 40.0 Å². The van der Waals surface area contributed by atoms with Crippen molar-refractivity contribution in [1.82, 2.24) is 0 Å². The van der Waals surface area contributed by atoms with Crippen LogP contribution in [0.15, 0.2) is 109 Å². The molecule has 0 bridgehead atoms. The zero-order valence-electron chi connectivity index (χ0n) is 23.6. The molecule has 4 heteroatoms. The third-order valence-electron chi connectivity index (χ3n) is 8.23. The van der Waals surface area contributed by atoms with Gasteiger partial charge in [-0.15, -0.1) is 67.3 Å². The molecule has 6 aromatic carbocycles. The summed E-state index contributed by atoms with van der Waals surface area (Å²) in [5, 5.41) is 8.67. The predicted molar refractivity (Wildman–Crippen MR) is 165 cm³/mol. The molecule has 0 aliphatic rings. The third-order valence-corrected chi connectivity index (χ3v) is 11.8. The third kappa shape index (κ3) is 5.37. The number of rotatable bonds is 6.